The van der Waals surface area contributed by atoms with Gasteiger partial charge in [-0.15, -0.1) is 0 Å². The van der Waals surface area contributed by atoms with Gasteiger partial charge < -0.3 is 9.79 Å². The molecule has 1 atom stereocenters. The topological polar surface area (TPSA) is 86.0 Å². The molecular formula is C9H18ClN2O4P. The first kappa shape index (κ1) is 17.0. The van der Waals surface area contributed by atoms with Gasteiger partial charge in [0.2, 0.25) is 5.00 Å². The molecule has 17 heavy (non-hydrogen) atoms. The maximum Gasteiger partial charge on any atom is 0.357 e. The van der Waals surface area contributed by atoms with E-state index in [2.05, 4.69) is 9.56 Å². The molecule has 1 unspecified atom stereocenters. The first-order chi connectivity index (χ1) is 7.74. The van der Waals surface area contributed by atoms with E-state index in [4.69, 9.17) is 26.6 Å². The van der Waals surface area contributed by atoms with Crippen molar-refractivity contribution in [3.05, 3.63) is 0 Å². The first-order valence-electron chi connectivity index (χ1n) is 5.10. The second-order valence-electron chi connectivity index (χ2n) is 4.06. The zero-order valence-corrected chi connectivity index (χ0v) is 11.9. The van der Waals surface area contributed by atoms with E-state index in [1.807, 2.05) is 33.8 Å². The van der Waals surface area contributed by atoms with Crippen LogP contribution in [0.15, 0.2) is 0 Å². The molecule has 0 saturated heterocycles. The molecule has 0 aromatic heterocycles. The Hall–Kier alpha value is 0.0100. The number of rotatable bonds is 7. The molecule has 8 heteroatoms. The normalized spacial score (nSPS) is 15.6. The van der Waals surface area contributed by atoms with Gasteiger partial charge in [-0.3, -0.25) is 4.90 Å². The van der Waals surface area contributed by atoms with Crippen LogP contribution >= 0.6 is 20.2 Å². The lowest BCUT2D eigenvalue weighted by Crippen LogP contribution is -2.53. The maximum atomic E-state index is 9.14. The third-order valence-electron chi connectivity index (χ3n) is 2.06. The summed E-state index contributed by atoms with van der Waals surface area (Å²) in [6.45, 7) is 7.32. The van der Waals surface area contributed by atoms with Crippen molar-refractivity contribution in [2.75, 3.05) is 6.61 Å². The lowest BCUT2D eigenvalue weighted by Gasteiger charge is -2.39. The summed E-state index contributed by atoms with van der Waals surface area (Å²) in [5.41, 5.74) is 0. The Bertz CT molecular complexity index is 264. The predicted molar refractivity (Wildman–Crippen MR) is 64.7 cm³/mol. The highest BCUT2D eigenvalue weighted by atomic mass is 35.5. The zero-order chi connectivity index (χ0) is 13.6. The van der Waals surface area contributed by atoms with E-state index in [9.17, 15) is 0 Å². The maximum absolute atomic E-state index is 9.14. The van der Waals surface area contributed by atoms with Gasteiger partial charge in [-0.1, -0.05) is 11.6 Å². The summed E-state index contributed by atoms with van der Waals surface area (Å²) in [5, 5.41) is 9.14. The zero-order valence-electron chi connectivity index (χ0n) is 10.3. The van der Waals surface area contributed by atoms with Crippen LogP contribution in [0.3, 0.4) is 0 Å². The molecular weight excluding hydrogens is 267 g/mol. The Kier molecular flexibility index (Phi) is 7.45. The van der Waals surface area contributed by atoms with Crippen molar-refractivity contribution in [1.29, 1.82) is 5.26 Å². The van der Waals surface area contributed by atoms with E-state index in [-0.39, 0.29) is 18.7 Å². The molecule has 0 aliphatic rings. The minimum atomic E-state index is -2.62. The van der Waals surface area contributed by atoms with E-state index in [0.29, 0.717) is 0 Å². The fourth-order valence-electron chi connectivity index (χ4n) is 1.73. The van der Waals surface area contributed by atoms with Gasteiger partial charge in [-0.05, 0) is 27.7 Å². The molecule has 0 aliphatic heterocycles. The van der Waals surface area contributed by atoms with Crippen LogP contribution in [0.25, 0.3) is 0 Å². The van der Waals surface area contributed by atoms with Crippen molar-refractivity contribution in [3.8, 4) is 6.07 Å². The monoisotopic (exact) mass is 284 g/mol. The fraction of sp³-hybridized carbons (Fsp3) is 0.889. The molecule has 0 saturated carbocycles. The molecule has 2 N–H and O–H groups in total. The van der Waals surface area contributed by atoms with E-state index in [1.165, 1.54) is 0 Å². The van der Waals surface area contributed by atoms with Gasteiger partial charge in [0, 0.05) is 12.1 Å². The number of hydrogen-bond donors (Lipinski definition) is 2. The summed E-state index contributed by atoms with van der Waals surface area (Å²) in [6.07, 6.45) is 0. The smallest absolute Gasteiger partial charge is 0.327 e. The molecule has 0 fully saturated rings. The molecule has 0 bridgehead atoms. The number of hydrogen-bond acceptors (Lipinski definition) is 6. The van der Waals surface area contributed by atoms with Crippen molar-refractivity contribution >= 4 is 20.2 Å². The molecule has 100 valence electrons. The lowest BCUT2D eigenvalue weighted by atomic mass is 10.1. The summed E-state index contributed by atoms with van der Waals surface area (Å²) < 4.78 is 4.16. The fourth-order valence-corrected chi connectivity index (χ4v) is 2.31. The van der Waals surface area contributed by atoms with Crippen molar-refractivity contribution < 1.29 is 19.3 Å². The van der Waals surface area contributed by atoms with Crippen molar-refractivity contribution in [3.63, 3.8) is 0 Å². The quantitative estimate of drug-likeness (QED) is 0.243. The van der Waals surface area contributed by atoms with Crippen LogP contribution in [-0.2, 0) is 9.56 Å². The minimum Gasteiger partial charge on any atom is -0.327 e. The molecule has 0 heterocycles. The van der Waals surface area contributed by atoms with Gasteiger partial charge in [0.1, 0.15) is 12.7 Å². The molecule has 0 radical (unpaired) electrons. The summed E-state index contributed by atoms with van der Waals surface area (Å²) in [7, 11) is -2.62. The standard InChI is InChI=1S/C9H18ClN2O4P/c1-7(2)12(8(3)4)9(10,5-11)6-15-16-17(13)14/h7-8,13-14H,6H2,1-4H3. The summed E-state index contributed by atoms with van der Waals surface area (Å²) in [5.74, 6) is 0. The van der Waals surface area contributed by atoms with Crippen molar-refractivity contribution in [2.24, 2.45) is 0 Å². The number of nitrogens with zero attached hydrogens (tertiary/aromatic N) is 2. The molecule has 0 aliphatic carbocycles. The average Bonchev–Trinajstić information content (AvgIpc) is 2.15. The summed E-state index contributed by atoms with van der Waals surface area (Å²) in [4.78, 5) is 21.9. The number of nitriles is 1. The number of alkyl halides is 1. The third kappa shape index (κ3) is 5.45. The summed E-state index contributed by atoms with van der Waals surface area (Å²) in [6, 6.07) is 2.00. The SMILES string of the molecule is CC(C)N(C(C)C)C(Cl)(C#N)COOP(O)O. The van der Waals surface area contributed by atoms with E-state index in [0.717, 1.165) is 0 Å². The van der Waals surface area contributed by atoms with Crippen molar-refractivity contribution in [1.82, 2.24) is 4.90 Å². The van der Waals surface area contributed by atoms with E-state index < -0.39 is 13.6 Å². The molecule has 6 nitrogen and oxygen atoms in total. The minimum absolute atomic E-state index is 0.0283. The Morgan fingerprint density at radius 3 is 2.12 bits per heavy atom. The van der Waals surface area contributed by atoms with E-state index >= 15 is 0 Å². The Labute approximate surface area is 108 Å². The second kappa shape index (κ2) is 7.45. The molecule has 0 aromatic rings. The Morgan fingerprint density at radius 2 is 1.82 bits per heavy atom. The van der Waals surface area contributed by atoms with Gasteiger partial charge in [-0.25, -0.2) is 4.89 Å². The van der Waals surface area contributed by atoms with Crippen LogP contribution < -0.4 is 0 Å². The van der Waals surface area contributed by atoms with Crippen LogP contribution in [0.2, 0.25) is 0 Å². The van der Waals surface area contributed by atoms with Crippen LogP contribution in [0, 0.1) is 11.3 Å². The van der Waals surface area contributed by atoms with Gasteiger partial charge in [0.25, 0.3) is 0 Å². The predicted octanol–water partition coefficient (Wildman–Crippen LogP) is 1.72. The molecule has 0 amide bonds. The van der Waals surface area contributed by atoms with Crippen molar-refractivity contribution in [2.45, 2.75) is 44.8 Å². The lowest BCUT2D eigenvalue weighted by molar-refractivity contribution is -0.226. The second-order valence-corrected chi connectivity index (χ2v) is 5.34. The van der Waals surface area contributed by atoms with Gasteiger partial charge >= 0.3 is 8.60 Å². The van der Waals surface area contributed by atoms with Gasteiger partial charge in [-0.2, -0.15) is 9.94 Å². The van der Waals surface area contributed by atoms with Crippen LogP contribution in [0.4, 0.5) is 0 Å². The van der Waals surface area contributed by atoms with Crippen LogP contribution in [-0.4, -0.2) is 38.4 Å². The highest BCUT2D eigenvalue weighted by Gasteiger charge is 2.39. The Morgan fingerprint density at radius 1 is 1.35 bits per heavy atom. The average molecular weight is 285 g/mol. The highest BCUT2D eigenvalue weighted by Crippen LogP contribution is 2.29. The highest BCUT2D eigenvalue weighted by molar-refractivity contribution is 7.39. The summed E-state index contributed by atoms with van der Waals surface area (Å²) >= 11 is 6.17. The van der Waals surface area contributed by atoms with Crippen LogP contribution in [0.1, 0.15) is 27.7 Å². The third-order valence-corrected chi connectivity index (χ3v) is 2.69. The number of halogens is 1. The Balaban J connectivity index is 4.68. The van der Waals surface area contributed by atoms with Crippen LogP contribution in [0.5, 0.6) is 0 Å². The molecule has 0 aromatic carbocycles. The largest absolute Gasteiger partial charge is 0.357 e. The van der Waals surface area contributed by atoms with Gasteiger partial charge in [0.05, 0.1) is 0 Å². The van der Waals surface area contributed by atoms with E-state index in [1.54, 1.807) is 4.90 Å². The molecule has 0 spiro atoms. The van der Waals surface area contributed by atoms with Gasteiger partial charge in [0.15, 0.2) is 0 Å². The molecule has 0 rings (SSSR count). The first-order valence-corrected chi connectivity index (χ1v) is 6.65.